The first-order chi connectivity index (χ1) is 6.47. The second-order valence-electron chi connectivity index (χ2n) is 6.24. The van der Waals surface area contributed by atoms with Crippen LogP contribution in [0.15, 0.2) is 0 Å². The zero-order valence-corrected chi connectivity index (χ0v) is 10.4. The van der Waals surface area contributed by atoms with E-state index in [-0.39, 0.29) is 0 Å². The fourth-order valence-corrected chi connectivity index (χ4v) is 2.04. The average Bonchev–Trinajstić information content (AvgIpc) is 2.79. The lowest BCUT2D eigenvalue weighted by Gasteiger charge is -2.20. The van der Waals surface area contributed by atoms with Crippen molar-refractivity contribution in [3.05, 3.63) is 0 Å². The van der Waals surface area contributed by atoms with Gasteiger partial charge in [0.25, 0.3) is 0 Å². The molecule has 0 heterocycles. The highest BCUT2D eigenvalue weighted by atomic mass is 14.9. The zero-order chi connectivity index (χ0) is 10.7. The minimum absolute atomic E-state index is 0.481. The van der Waals surface area contributed by atoms with Crippen LogP contribution < -0.4 is 5.32 Å². The van der Waals surface area contributed by atoms with Gasteiger partial charge in [0.1, 0.15) is 0 Å². The van der Waals surface area contributed by atoms with Crippen LogP contribution >= 0.6 is 0 Å². The SMILES string of the molecule is CCCC1(CNCCC(C)(C)C)CC1. The molecule has 0 aromatic carbocycles. The summed E-state index contributed by atoms with van der Waals surface area (Å²) in [6.45, 7) is 11.7. The Morgan fingerprint density at radius 2 is 1.86 bits per heavy atom. The van der Waals surface area contributed by atoms with Crippen LogP contribution in [-0.2, 0) is 0 Å². The minimum Gasteiger partial charge on any atom is -0.316 e. The third-order valence-corrected chi connectivity index (χ3v) is 3.29. The van der Waals surface area contributed by atoms with Crippen LogP contribution in [0.1, 0.15) is 59.8 Å². The second kappa shape index (κ2) is 4.65. The van der Waals surface area contributed by atoms with Crippen molar-refractivity contribution >= 4 is 0 Å². The van der Waals surface area contributed by atoms with Gasteiger partial charge >= 0.3 is 0 Å². The lowest BCUT2D eigenvalue weighted by Crippen LogP contribution is -2.27. The molecule has 0 radical (unpaired) electrons. The summed E-state index contributed by atoms with van der Waals surface area (Å²) >= 11 is 0. The highest BCUT2D eigenvalue weighted by Gasteiger charge is 2.40. The van der Waals surface area contributed by atoms with Crippen molar-refractivity contribution < 1.29 is 0 Å². The summed E-state index contributed by atoms with van der Waals surface area (Å²) in [6.07, 6.45) is 6.98. The van der Waals surface area contributed by atoms with Gasteiger partial charge in [-0.25, -0.2) is 0 Å². The van der Waals surface area contributed by atoms with Crippen LogP contribution in [0.4, 0.5) is 0 Å². The van der Waals surface area contributed by atoms with Gasteiger partial charge < -0.3 is 5.32 Å². The Hall–Kier alpha value is -0.0400. The number of nitrogens with one attached hydrogen (secondary N) is 1. The molecule has 1 rings (SSSR count). The largest absolute Gasteiger partial charge is 0.316 e. The molecule has 1 heteroatoms. The summed E-state index contributed by atoms with van der Waals surface area (Å²) in [5.41, 5.74) is 1.20. The standard InChI is InChI=1S/C13H27N/c1-5-6-13(7-8-13)11-14-10-9-12(2,3)4/h14H,5-11H2,1-4H3. The molecule has 0 amide bonds. The second-order valence-corrected chi connectivity index (χ2v) is 6.24. The molecule has 0 aromatic rings. The Morgan fingerprint density at radius 3 is 2.29 bits per heavy atom. The zero-order valence-electron chi connectivity index (χ0n) is 10.4. The van der Waals surface area contributed by atoms with E-state index in [1.54, 1.807) is 0 Å². The normalized spacial score (nSPS) is 19.7. The van der Waals surface area contributed by atoms with E-state index in [0.717, 1.165) is 0 Å². The van der Waals surface area contributed by atoms with E-state index in [1.807, 2.05) is 0 Å². The highest BCUT2D eigenvalue weighted by molar-refractivity contribution is 4.94. The van der Waals surface area contributed by atoms with Crippen molar-refractivity contribution in [3.8, 4) is 0 Å². The van der Waals surface area contributed by atoms with Crippen molar-refractivity contribution in [1.29, 1.82) is 0 Å². The third kappa shape index (κ3) is 4.45. The van der Waals surface area contributed by atoms with Crippen LogP contribution in [0, 0.1) is 10.8 Å². The van der Waals surface area contributed by atoms with Gasteiger partial charge in [-0.2, -0.15) is 0 Å². The monoisotopic (exact) mass is 197 g/mol. The van der Waals surface area contributed by atoms with Gasteiger partial charge in [-0.15, -0.1) is 0 Å². The maximum Gasteiger partial charge on any atom is 0.000781 e. The van der Waals surface area contributed by atoms with Gasteiger partial charge in [0.05, 0.1) is 0 Å². The molecule has 0 atom stereocenters. The third-order valence-electron chi connectivity index (χ3n) is 3.29. The molecule has 1 N–H and O–H groups in total. The van der Waals surface area contributed by atoms with E-state index in [2.05, 4.69) is 33.0 Å². The van der Waals surface area contributed by atoms with Gasteiger partial charge in [-0.05, 0) is 43.1 Å². The molecule has 0 bridgehead atoms. The van der Waals surface area contributed by atoms with E-state index in [4.69, 9.17) is 0 Å². The Labute approximate surface area is 89.7 Å². The molecule has 1 nitrogen and oxygen atoms in total. The fourth-order valence-electron chi connectivity index (χ4n) is 2.04. The van der Waals surface area contributed by atoms with Gasteiger partial charge in [-0.1, -0.05) is 34.1 Å². The number of rotatable bonds is 6. The van der Waals surface area contributed by atoms with Crippen molar-refractivity contribution in [2.45, 2.75) is 59.8 Å². The Balaban J connectivity index is 2.04. The molecular weight excluding hydrogens is 170 g/mol. The maximum absolute atomic E-state index is 3.63. The number of hydrogen-bond donors (Lipinski definition) is 1. The van der Waals surface area contributed by atoms with Crippen LogP contribution in [-0.4, -0.2) is 13.1 Å². The lowest BCUT2D eigenvalue weighted by molar-refractivity contribution is 0.347. The predicted octanol–water partition coefficient (Wildman–Crippen LogP) is 3.59. The van der Waals surface area contributed by atoms with Gasteiger partial charge in [-0.3, -0.25) is 0 Å². The first-order valence-corrected chi connectivity index (χ1v) is 6.18. The fraction of sp³-hybridized carbons (Fsp3) is 1.00. The molecular formula is C13H27N. The summed E-state index contributed by atoms with van der Waals surface area (Å²) in [5, 5.41) is 3.63. The van der Waals surface area contributed by atoms with Crippen LogP contribution in [0.25, 0.3) is 0 Å². The molecule has 1 fully saturated rings. The highest BCUT2D eigenvalue weighted by Crippen LogP contribution is 2.48. The predicted molar refractivity (Wildman–Crippen MR) is 63.5 cm³/mol. The Bertz CT molecular complexity index is 163. The first-order valence-electron chi connectivity index (χ1n) is 6.18. The minimum atomic E-state index is 0.481. The molecule has 1 aliphatic carbocycles. The van der Waals surface area contributed by atoms with Gasteiger partial charge in [0, 0.05) is 6.54 Å². The van der Waals surface area contributed by atoms with Crippen molar-refractivity contribution in [2.75, 3.05) is 13.1 Å². The first kappa shape index (κ1) is 12.0. The van der Waals surface area contributed by atoms with Gasteiger partial charge in [0.2, 0.25) is 0 Å². The molecule has 14 heavy (non-hydrogen) atoms. The van der Waals surface area contributed by atoms with E-state index in [0.29, 0.717) is 10.8 Å². The summed E-state index contributed by atoms with van der Waals surface area (Å²) in [7, 11) is 0. The Kier molecular flexibility index (Phi) is 4.00. The molecule has 0 spiro atoms. The summed E-state index contributed by atoms with van der Waals surface area (Å²) < 4.78 is 0. The van der Waals surface area contributed by atoms with Crippen molar-refractivity contribution in [1.82, 2.24) is 5.32 Å². The quantitative estimate of drug-likeness (QED) is 0.642. The topological polar surface area (TPSA) is 12.0 Å². The van der Waals surface area contributed by atoms with Crippen molar-refractivity contribution in [3.63, 3.8) is 0 Å². The summed E-state index contributed by atoms with van der Waals surface area (Å²) in [4.78, 5) is 0. The average molecular weight is 197 g/mol. The molecule has 0 saturated heterocycles. The molecule has 1 aliphatic rings. The smallest absolute Gasteiger partial charge is 0.000781 e. The lowest BCUT2D eigenvalue weighted by atomic mass is 9.92. The molecule has 0 aromatic heterocycles. The number of hydrogen-bond acceptors (Lipinski definition) is 1. The molecule has 84 valence electrons. The molecule has 0 aliphatic heterocycles. The van der Waals surface area contributed by atoms with Crippen LogP contribution in [0.5, 0.6) is 0 Å². The van der Waals surface area contributed by atoms with Crippen LogP contribution in [0.2, 0.25) is 0 Å². The van der Waals surface area contributed by atoms with Crippen molar-refractivity contribution in [2.24, 2.45) is 10.8 Å². The Morgan fingerprint density at radius 1 is 1.21 bits per heavy atom. The summed E-state index contributed by atoms with van der Waals surface area (Å²) in [6, 6.07) is 0. The van der Waals surface area contributed by atoms with E-state index >= 15 is 0 Å². The molecule has 0 unspecified atom stereocenters. The van der Waals surface area contributed by atoms with Gasteiger partial charge in [0.15, 0.2) is 0 Å². The molecule has 1 saturated carbocycles. The maximum atomic E-state index is 3.63. The van der Waals surface area contributed by atoms with Crippen LogP contribution in [0.3, 0.4) is 0 Å². The van der Waals surface area contributed by atoms with E-state index in [9.17, 15) is 0 Å². The van der Waals surface area contributed by atoms with E-state index < -0.39 is 0 Å². The summed E-state index contributed by atoms with van der Waals surface area (Å²) in [5.74, 6) is 0. The van der Waals surface area contributed by atoms with E-state index in [1.165, 1.54) is 45.2 Å².